The quantitative estimate of drug-likeness (QED) is 0.524. The van der Waals surface area contributed by atoms with Crippen molar-refractivity contribution in [3.63, 3.8) is 0 Å². The van der Waals surface area contributed by atoms with Gasteiger partial charge in [0.05, 0.1) is 5.88 Å². The van der Waals surface area contributed by atoms with Gasteiger partial charge in [0.15, 0.2) is 0 Å². The summed E-state index contributed by atoms with van der Waals surface area (Å²) in [5.74, 6) is 0.0291. The molecule has 1 aromatic rings. The van der Waals surface area contributed by atoms with Crippen molar-refractivity contribution in [2.75, 3.05) is 6.26 Å². The van der Waals surface area contributed by atoms with Gasteiger partial charge < -0.3 is 0 Å². The number of hydrogen-bond acceptors (Lipinski definition) is 1. The molecule has 66 valence electrons. The Labute approximate surface area is 81.1 Å². The van der Waals surface area contributed by atoms with Crippen molar-refractivity contribution < 1.29 is 4.39 Å². The molecule has 0 atom stereocenters. The van der Waals surface area contributed by atoms with Gasteiger partial charge in [-0.05, 0) is 24.8 Å². The van der Waals surface area contributed by atoms with Crippen LogP contribution in [0.1, 0.15) is 11.1 Å². The molecule has 12 heavy (non-hydrogen) atoms. The van der Waals surface area contributed by atoms with Gasteiger partial charge in [0, 0.05) is 10.5 Å². The van der Waals surface area contributed by atoms with Gasteiger partial charge in [-0.15, -0.1) is 23.4 Å². The minimum Gasteiger partial charge on any atom is -0.207 e. The zero-order chi connectivity index (χ0) is 9.14. The van der Waals surface area contributed by atoms with Crippen LogP contribution >= 0.6 is 23.4 Å². The van der Waals surface area contributed by atoms with Crippen LogP contribution in [0.4, 0.5) is 4.39 Å². The van der Waals surface area contributed by atoms with Gasteiger partial charge >= 0.3 is 0 Å². The summed E-state index contributed by atoms with van der Waals surface area (Å²) in [7, 11) is 0. The molecule has 0 fully saturated rings. The Kier molecular flexibility index (Phi) is 3.41. The smallest absolute Gasteiger partial charge is 0.128 e. The third-order valence-electron chi connectivity index (χ3n) is 1.71. The summed E-state index contributed by atoms with van der Waals surface area (Å²) in [6.07, 6.45) is 1.93. The van der Waals surface area contributed by atoms with Gasteiger partial charge in [-0.1, -0.05) is 6.07 Å². The minimum absolute atomic E-state index is 0.208. The topological polar surface area (TPSA) is 0 Å². The Bertz CT molecular complexity index is 256. The maximum absolute atomic E-state index is 13.1. The first-order valence-electron chi connectivity index (χ1n) is 3.58. The molecule has 0 N–H and O–H groups in total. The molecule has 0 aromatic heterocycles. The molecule has 3 heteroatoms. The van der Waals surface area contributed by atoms with Gasteiger partial charge in [-0.2, -0.15) is 0 Å². The first-order valence-corrected chi connectivity index (χ1v) is 5.34. The zero-order valence-corrected chi connectivity index (χ0v) is 8.60. The predicted molar refractivity (Wildman–Crippen MR) is 52.5 cm³/mol. The van der Waals surface area contributed by atoms with Crippen LogP contribution in [0, 0.1) is 12.7 Å². The van der Waals surface area contributed by atoms with E-state index in [1.165, 1.54) is 6.07 Å². The Hall–Kier alpha value is -0.210. The van der Waals surface area contributed by atoms with E-state index in [-0.39, 0.29) is 11.7 Å². The number of benzene rings is 1. The fraction of sp³-hybridized carbons (Fsp3) is 0.333. The van der Waals surface area contributed by atoms with Crippen LogP contribution in [-0.4, -0.2) is 6.26 Å². The summed E-state index contributed by atoms with van der Waals surface area (Å²) in [5, 5.41) is 0. The molecule has 0 heterocycles. The van der Waals surface area contributed by atoms with Crippen LogP contribution in [0.15, 0.2) is 17.0 Å². The molecule has 0 amide bonds. The Morgan fingerprint density at radius 2 is 2.17 bits per heavy atom. The van der Waals surface area contributed by atoms with Crippen LogP contribution in [0.5, 0.6) is 0 Å². The summed E-state index contributed by atoms with van der Waals surface area (Å²) in [5.41, 5.74) is 1.66. The fourth-order valence-corrected chi connectivity index (χ4v) is 1.85. The fourth-order valence-electron chi connectivity index (χ4n) is 1.05. The highest BCUT2D eigenvalue weighted by Gasteiger charge is 2.04. The molecule has 0 bridgehead atoms. The Balaban J connectivity index is 3.16. The summed E-state index contributed by atoms with van der Waals surface area (Å²) >= 11 is 7.10. The van der Waals surface area contributed by atoms with E-state index in [2.05, 4.69) is 0 Å². The van der Waals surface area contributed by atoms with E-state index in [1.54, 1.807) is 17.8 Å². The molecular formula is C9H10ClFS. The third-order valence-corrected chi connectivity index (χ3v) is 2.88. The molecular weight excluding hydrogens is 195 g/mol. The van der Waals surface area contributed by atoms with E-state index >= 15 is 0 Å². The van der Waals surface area contributed by atoms with E-state index in [1.807, 2.05) is 13.2 Å². The highest BCUT2D eigenvalue weighted by Crippen LogP contribution is 2.23. The lowest BCUT2D eigenvalue weighted by molar-refractivity contribution is 0.612. The standard InChI is InChI=1S/C9H10ClFS/c1-6-3-7(5-10)8(11)4-9(6)12-2/h3-4H,5H2,1-2H3. The van der Waals surface area contributed by atoms with Crippen molar-refractivity contribution in [3.8, 4) is 0 Å². The van der Waals surface area contributed by atoms with E-state index in [4.69, 9.17) is 11.6 Å². The number of halogens is 2. The average molecular weight is 205 g/mol. The molecule has 0 aliphatic heterocycles. The maximum atomic E-state index is 13.1. The lowest BCUT2D eigenvalue weighted by atomic mass is 10.1. The van der Waals surface area contributed by atoms with Gasteiger partial charge in [0.1, 0.15) is 5.82 Å². The highest BCUT2D eigenvalue weighted by molar-refractivity contribution is 7.98. The number of thioether (sulfide) groups is 1. The van der Waals surface area contributed by atoms with Crippen LogP contribution < -0.4 is 0 Å². The van der Waals surface area contributed by atoms with Gasteiger partial charge in [0.2, 0.25) is 0 Å². The van der Waals surface area contributed by atoms with Crippen molar-refractivity contribution >= 4 is 23.4 Å². The normalized spacial score (nSPS) is 10.3. The van der Waals surface area contributed by atoms with Crippen LogP contribution in [0.3, 0.4) is 0 Å². The Morgan fingerprint density at radius 1 is 1.50 bits per heavy atom. The van der Waals surface area contributed by atoms with Crippen LogP contribution in [0.2, 0.25) is 0 Å². The van der Waals surface area contributed by atoms with E-state index in [0.29, 0.717) is 5.56 Å². The first kappa shape index (κ1) is 9.87. The van der Waals surface area contributed by atoms with Gasteiger partial charge in [-0.3, -0.25) is 0 Å². The predicted octanol–water partition coefficient (Wildman–Crippen LogP) is 3.59. The van der Waals surface area contributed by atoms with Gasteiger partial charge in [0.25, 0.3) is 0 Å². The molecule has 0 radical (unpaired) electrons. The number of rotatable bonds is 2. The minimum atomic E-state index is -0.208. The van der Waals surface area contributed by atoms with E-state index in [0.717, 1.165) is 10.5 Å². The average Bonchev–Trinajstić information content (AvgIpc) is 2.08. The molecule has 0 spiro atoms. The summed E-state index contributed by atoms with van der Waals surface area (Å²) in [4.78, 5) is 0.973. The lowest BCUT2D eigenvalue weighted by Crippen LogP contribution is -1.89. The molecule has 0 saturated heterocycles. The monoisotopic (exact) mass is 204 g/mol. The second kappa shape index (κ2) is 4.15. The first-order chi connectivity index (χ1) is 5.69. The Morgan fingerprint density at radius 3 is 2.67 bits per heavy atom. The largest absolute Gasteiger partial charge is 0.207 e. The number of hydrogen-bond donors (Lipinski definition) is 0. The molecule has 1 rings (SSSR count). The summed E-state index contributed by atoms with van der Waals surface area (Å²) in [6, 6.07) is 3.34. The number of aryl methyl sites for hydroxylation is 1. The molecule has 0 aliphatic rings. The molecule has 0 saturated carbocycles. The zero-order valence-electron chi connectivity index (χ0n) is 7.03. The van der Waals surface area contributed by atoms with Crippen molar-refractivity contribution in [1.29, 1.82) is 0 Å². The van der Waals surface area contributed by atoms with Crippen molar-refractivity contribution in [2.24, 2.45) is 0 Å². The van der Waals surface area contributed by atoms with Crippen molar-refractivity contribution in [3.05, 3.63) is 29.1 Å². The van der Waals surface area contributed by atoms with Crippen molar-refractivity contribution in [2.45, 2.75) is 17.7 Å². The van der Waals surface area contributed by atoms with Crippen LogP contribution in [0.25, 0.3) is 0 Å². The lowest BCUT2D eigenvalue weighted by Gasteiger charge is -2.05. The van der Waals surface area contributed by atoms with E-state index < -0.39 is 0 Å². The SMILES string of the molecule is CSc1cc(F)c(CCl)cc1C. The highest BCUT2D eigenvalue weighted by atomic mass is 35.5. The summed E-state index contributed by atoms with van der Waals surface area (Å²) in [6.45, 7) is 1.96. The number of alkyl halides is 1. The molecule has 1 aromatic carbocycles. The molecule has 0 nitrogen and oxygen atoms in total. The van der Waals surface area contributed by atoms with E-state index in [9.17, 15) is 4.39 Å². The second-order valence-electron chi connectivity index (χ2n) is 2.55. The second-order valence-corrected chi connectivity index (χ2v) is 3.66. The molecule has 0 aliphatic carbocycles. The maximum Gasteiger partial charge on any atom is 0.128 e. The molecule has 0 unspecified atom stereocenters. The third kappa shape index (κ3) is 1.93. The van der Waals surface area contributed by atoms with Crippen LogP contribution in [-0.2, 0) is 5.88 Å². The van der Waals surface area contributed by atoms with Crippen molar-refractivity contribution in [1.82, 2.24) is 0 Å². The van der Waals surface area contributed by atoms with Gasteiger partial charge in [-0.25, -0.2) is 4.39 Å². The summed E-state index contributed by atoms with van der Waals surface area (Å²) < 4.78 is 13.1.